The number of benzene rings is 1. The van der Waals surface area contributed by atoms with Crippen LogP contribution in [0.1, 0.15) is 44.1 Å². The van der Waals surface area contributed by atoms with Crippen LogP contribution >= 0.6 is 0 Å². The van der Waals surface area contributed by atoms with Gasteiger partial charge in [-0.1, -0.05) is 49.6 Å². The minimum atomic E-state index is -0.401. The van der Waals surface area contributed by atoms with Gasteiger partial charge in [0.25, 0.3) is 0 Å². The highest BCUT2D eigenvalue weighted by Crippen LogP contribution is 2.42. The van der Waals surface area contributed by atoms with Gasteiger partial charge in [0, 0.05) is 6.54 Å². The Kier molecular flexibility index (Phi) is 4.15. The van der Waals surface area contributed by atoms with Crippen LogP contribution in [0.3, 0.4) is 0 Å². The zero-order chi connectivity index (χ0) is 14.7. The van der Waals surface area contributed by atoms with Gasteiger partial charge in [-0.15, -0.1) is 0 Å². The molecular weight excluding hydrogens is 266 g/mol. The van der Waals surface area contributed by atoms with Crippen molar-refractivity contribution in [1.29, 1.82) is 0 Å². The number of ether oxygens (including phenoxy) is 1. The molecule has 0 radical (unpaired) electrons. The number of carbonyl (C=O) groups is 1. The van der Waals surface area contributed by atoms with Gasteiger partial charge in [0.05, 0.1) is 11.6 Å². The van der Waals surface area contributed by atoms with Crippen molar-refractivity contribution >= 4 is 6.09 Å². The van der Waals surface area contributed by atoms with Gasteiger partial charge in [-0.3, -0.25) is 4.90 Å². The van der Waals surface area contributed by atoms with Crippen LogP contribution in [-0.4, -0.2) is 34.3 Å². The molecular formula is C17H23NO3. The van der Waals surface area contributed by atoms with Crippen LogP contribution < -0.4 is 0 Å². The summed E-state index contributed by atoms with van der Waals surface area (Å²) in [4.78, 5) is 14.2. The molecule has 21 heavy (non-hydrogen) atoms. The van der Waals surface area contributed by atoms with Crippen molar-refractivity contribution < 1.29 is 14.6 Å². The third-order valence-electron chi connectivity index (χ3n) is 4.93. The van der Waals surface area contributed by atoms with E-state index in [2.05, 4.69) is 0 Å². The summed E-state index contributed by atoms with van der Waals surface area (Å²) in [5.41, 5.74) is 0.620. The van der Waals surface area contributed by atoms with Crippen LogP contribution in [-0.2, 0) is 11.3 Å². The Labute approximate surface area is 125 Å². The molecule has 1 aromatic rings. The Bertz CT molecular complexity index is 482. The number of aliphatic hydroxyl groups excluding tert-OH is 1. The first-order valence-corrected chi connectivity index (χ1v) is 7.89. The molecule has 1 spiro atoms. The number of hydrogen-bond donors (Lipinski definition) is 1. The molecule has 114 valence electrons. The summed E-state index contributed by atoms with van der Waals surface area (Å²) in [5, 5.41) is 10.4. The zero-order valence-electron chi connectivity index (χ0n) is 12.3. The van der Waals surface area contributed by atoms with Crippen molar-refractivity contribution in [3.8, 4) is 0 Å². The van der Waals surface area contributed by atoms with E-state index in [4.69, 9.17) is 4.74 Å². The summed E-state index contributed by atoms with van der Waals surface area (Å²) < 4.78 is 5.46. The number of rotatable bonds is 2. The minimum Gasteiger partial charge on any atom is -0.445 e. The molecule has 1 heterocycles. The fourth-order valence-corrected chi connectivity index (χ4v) is 3.76. The lowest BCUT2D eigenvalue weighted by molar-refractivity contribution is -0.00498. The third kappa shape index (κ3) is 2.77. The first-order chi connectivity index (χ1) is 10.2. The van der Waals surface area contributed by atoms with Crippen molar-refractivity contribution in [3.63, 3.8) is 0 Å². The van der Waals surface area contributed by atoms with Gasteiger partial charge in [-0.25, -0.2) is 4.79 Å². The molecule has 1 aliphatic heterocycles. The Morgan fingerprint density at radius 2 is 1.95 bits per heavy atom. The Morgan fingerprint density at radius 1 is 1.24 bits per heavy atom. The maximum atomic E-state index is 12.4. The average molecular weight is 289 g/mol. The molecule has 3 rings (SSSR count). The molecule has 1 N–H and O–H groups in total. The number of aliphatic hydroxyl groups is 1. The molecule has 1 saturated heterocycles. The molecule has 1 aromatic carbocycles. The standard InChI is InChI=1S/C17H23NO3/c19-15-9-12-18(17(15)10-5-2-6-11-17)16(20)21-13-14-7-3-1-4-8-14/h1,3-4,7-8,15,19H,2,5-6,9-13H2. The molecule has 0 aromatic heterocycles. The molecule has 1 amide bonds. The maximum Gasteiger partial charge on any atom is 0.410 e. The van der Waals surface area contributed by atoms with Gasteiger partial charge in [0.1, 0.15) is 6.61 Å². The van der Waals surface area contributed by atoms with Crippen molar-refractivity contribution in [1.82, 2.24) is 4.90 Å². The first kappa shape index (κ1) is 14.4. The smallest absolute Gasteiger partial charge is 0.410 e. The molecule has 1 saturated carbocycles. The average Bonchev–Trinajstić information content (AvgIpc) is 2.83. The fourth-order valence-electron chi connectivity index (χ4n) is 3.76. The second kappa shape index (κ2) is 6.06. The van der Waals surface area contributed by atoms with Gasteiger partial charge in [-0.05, 0) is 24.8 Å². The van der Waals surface area contributed by atoms with Crippen molar-refractivity contribution in [3.05, 3.63) is 35.9 Å². The van der Waals surface area contributed by atoms with E-state index >= 15 is 0 Å². The van der Waals surface area contributed by atoms with Gasteiger partial charge in [0.2, 0.25) is 0 Å². The van der Waals surface area contributed by atoms with Crippen molar-refractivity contribution in [2.45, 2.75) is 56.8 Å². The Morgan fingerprint density at radius 3 is 2.67 bits per heavy atom. The molecule has 2 aliphatic rings. The van der Waals surface area contributed by atoms with E-state index in [1.165, 1.54) is 6.42 Å². The monoisotopic (exact) mass is 289 g/mol. The molecule has 4 heteroatoms. The topological polar surface area (TPSA) is 49.8 Å². The number of hydrogen-bond acceptors (Lipinski definition) is 3. The zero-order valence-corrected chi connectivity index (χ0v) is 12.3. The fraction of sp³-hybridized carbons (Fsp3) is 0.588. The van der Waals surface area contributed by atoms with E-state index < -0.39 is 6.10 Å². The van der Waals surface area contributed by atoms with E-state index in [1.807, 2.05) is 30.3 Å². The summed E-state index contributed by atoms with van der Waals surface area (Å²) in [6.45, 7) is 0.900. The lowest BCUT2D eigenvalue weighted by atomic mass is 9.78. The molecule has 1 unspecified atom stereocenters. The second-order valence-corrected chi connectivity index (χ2v) is 6.16. The number of nitrogens with zero attached hydrogens (tertiary/aromatic N) is 1. The molecule has 1 aliphatic carbocycles. The summed E-state index contributed by atoms with van der Waals surface area (Å²) >= 11 is 0. The predicted octanol–water partition coefficient (Wildman–Crippen LogP) is 3.09. The predicted molar refractivity (Wildman–Crippen MR) is 79.8 cm³/mol. The molecule has 0 bridgehead atoms. The first-order valence-electron chi connectivity index (χ1n) is 7.89. The maximum absolute atomic E-state index is 12.4. The van der Waals surface area contributed by atoms with E-state index in [9.17, 15) is 9.90 Å². The van der Waals surface area contributed by atoms with Crippen LogP contribution in [0.15, 0.2) is 30.3 Å². The largest absolute Gasteiger partial charge is 0.445 e. The summed E-state index contributed by atoms with van der Waals surface area (Å²) in [6, 6.07) is 9.71. The van der Waals surface area contributed by atoms with Crippen LogP contribution in [0.2, 0.25) is 0 Å². The molecule has 1 atom stereocenters. The van der Waals surface area contributed by atoms with E-state index in [1.54, 1.807) is 4.90 Å². The van der Waals surface area contributed by atoms with Crippen molar-refractivity contribution in [2.24, 2.45) is 0 Å². The van der Waals surface area contributed by atoms with Gasteiger partial charge >= 0.3 is 6.09 Å². The number of amides is 1. The van der Waals surface area contributed by atoms with Gasteiger partial charge in [-0.2, -0.15) is 0 Å². The Hall–Kier alpha value is -1.55. The lowest BCUT2D eigenvalue weighted by Crippen LogP contribution is -2.54. The summed E-state index contributed by atoms with van der Waals surface area (Å²) in [7, 11) is 0. The highest BCUT2D eigenvalue weighted by atomic mass is 16.6. The van der Waals surface area contributed by atoms with Gasteiger partial charge < -0.3 is 9.84 Å². The third-order valence-corrected chi connectivity index (χ3v) is 4.93. The van der Waals surface area contributed by atoms with Crippen LogP contribution in [0, 0.1) is 0 Å². The number of likely N-dealkylation sites (tertiary alicyclic amines) is 1. The van der Waals surface area contributed by atoms with E-state index in [0.29, 0.717) is 19.6 Å². The van der Waals surface area contributed by atoms with E-state index in [0.717, 1.165) is 31.2 Å². The summed E-state index contributed by atoms with van der Waals surface area (Å²) in [6.07, 6.45) is 5.14. The summed E-state index contributed by atoms with van der Waals surface area (Å²) in [5.74, 6) is 0. The van der Waals surface area contributed by atoms with E-state index in [-0.39, 0.29) is 11.6 Å². The van der Waals surface area contributed by atoms with Crippen LogP contribution in [0.4, 0.5) is 4.79 Å². The normalized spacial score (nSPS) is 24.2. The van der Waals surface area contributed by atoms with Crippen LogP contribution in [0.25, 0.3) is 0 Å². The SMILES string of the molecule is O=C(OCc1ccccc1)N1CCC(O)C12CCCCC2. The highest BCUT2D eigenvalue weighted by molar-refractivity contribution is 5.69. The highest BCUT2D eigenvalue weighted by Gasteiger charge is 2.51. The van der Waals surface area contributed by atoms with Crippen molar-refractivity contribution in [2.75, 3.05) is 6.54 Å². The van der Waals surface area contributed by atoms with Gasteiger partial charge in [0.15, 0.2) is 0 Å². The lowest BCUT2D eigenvalue weighted by Gasteiger charge is -2.42. The molecule has 4 nitrogen and oxygen atoms in total. The molecule has 2 fully saturated rings. The minimum absolute atomic E-state index is 0.280. The van der Waals surface area contributed by atoms with Crippen LogP contribution in [0.5, 0.6) is 0 Å². The Balaban J connectivity index is 1.66. The quantitative estimate of drug-likeness (QED) is 0.910. The second-order valence-electron chi connectivity index (χ2n) is 6.16. The number of carbonyl (C=O) groups excluding carboxylic acids is 1.